The SMILES string of the molecule is CCCN(CCC)S(=O)(=O)NCC(CC(=O)O)CC(C)C. The normalized spacial score (nSPS) is 13.8. The Hall–Kier alpha value is -0.660. The summed E-state index contributed by atoms with van der Waals surface area (Å²) < 4.78 is 28.5. The first-order valence-corrected chi connectivity index (χ1v) is 9.13. The minimum Gasteiger partial charge on any atom is -0.481 e. The number of hydrogen-bond donors (Lipinski definition) is 2. The van der Waals surface area contributed by atoms with Crippen LogP contribution in [0.4, 0.5) is 0 Å². The summed E-state index contributed by atoms with van der Waals surface area (Å²) in [5.41, 5.74) is 0. The van der Waals surface area contributed by atoms with Crippen molar-refractivity contribution in [1.29, 1.82) is 0 Å². The summed E-state index contributed by atoms with van der Waals surface area (Å²) >= 11 is 0. The van der Waals surface area contributed by atoms with Crippen molar-refractivity contribution in [2.45, 2.75) is 53.4 Å². The highest BCUT2D eigenvalue weighted by atomic mass is 32.2. The summed E-state index contributed by atoms with van der Waals surface area (Å²) in [7, 11) is -3.52. The molecule has 0 saturated heterocycles. The van der Waals surface area contributed by atoms with Gasteiger partial charge in [0.25, 0.3) is 10.2 Å². The van der Waals surface area contributed by atoms with Gasteiger partial charge in [-0.3, -0.25) is 4.79 Å². The Morgan fingerprint density at radius 3 is 2.10 bits per heavy atom. The lowest BCUT2D eigenvalue weighted by atomic mass is 9.94. The van der Waals surface area contributed by atoms with Crippen LogP contribution in [0.15, 0.2) is 0 Å². The van der Waals surface area contributed by atoms with Gasteiger partial charge < -0.3 is 5.11 Å². The van der Waals surface area contributed by atoms with E-state index in [0.29, 0.717) is 25.4 Å². The fraction of sp³-hybridized carbons (Fsp3) is 0.929. The van der Waals surface area contributed by atoms with E-state index in [4.69, 9.17) is 5.11 Å². The molecule has 0 spiro atoms. The van der Waals surface area contributed by atoms with Crippen LogP contribution in [0.3, 0.4) is 0 Å². The molecule has 1 atom stereocenters. The van der Waals surface area contributed by atoms with Gasteiger partial charge in [0.2, 0.25) is 0 Å². The summed E-state index contributed by atoms with van der Waals surface area (Å²) in [6, 6.07) is 0. The molecule has 0 saturated carbocycles. The maximum absolute atomic E-state index is 12.3. The Morgan fingerprint density at radius 1 is 1.19 bits per heavy atom. The lowest BCUT2D eigenvalue weighted by Crippen LogP contribution is -2.43. The maximum atomic E-state index is 12.3. The van der Waals surface area contributed by atoms with Crippen molar-refractivity contribution in [2.75, 3.05) is 19.6 Å². The van der Waals surface area contributed by atoms with Crippen LogP contribution in [0.25, 0.3) is 0 Å². The molecule has 2 N–H and O–H groups in total. The second-order valence-corrected chi connectivity index (χ2v) is 7.60. The van der Waals surface area contributed by atoms with Crippen LogP contribution in [-0.2, 0) is 15.0 Å². The van der Waals surface area contributed by atoms with Crippen molar-refractivity contribution >= 4 is 16.2 Å². The monoisotopic (exact) mass is 322 g/mol. The Bertz CT molecular complexity index is 390. The number of aliphatic carboxylic acids is 1. The van der Waals surface area contributed by atoms with E-state index in [0.717, 1.165) is 12.8 Å². The molecule has 0 aliphatic carbocycles. The van der Waals surface area contributed by atoms with Crippen molar-refractivity contribution in [3.05, 3.63) is 0 Å². The highest BCUT2D eigenvalue weighted by Gasteiger charge is 2.23. The molecule has 0 aliphatic heterocycles. The number of hydrogen-bond acceptors (Lipinski definition) is 3. The van der Waals surface area contributed by atoms with Crippen LogP contribution < -0.4 is 4.72 Å². The molecule has 0 aromatic rings. The third-order valence-electron chi connectivity index (χ3n) is 3.11. The lowest BCUT2D eigenvalue weighted by molar-refractivity contribution is -0.138. The molecular weight excluding hydrogens is 292 g/mol. The predicted octanol–water partition coefficient (Wildman–Crippen LogP) is 2.08. The molecule has 126 valence electrons. The molecule has 0 bridgehead atoms. The van der Waals surface area contributed by atoms with Gasteiger partial charge in [-0.05, 0) is 31.1 Å². The zero-order valence-electron chi connectivity index (χ0n) is 13.6. The Kier molecular flexibility index (Phi) is 9.81. The molecule has 0 aliphatic rings. The number of carboxylic acids is 1. The summed E-state index contributed by atoms with van der Waals surface area (Å²) in [5.74, 6) is -0.734. The fourth-order valence-electron chi connectivity index (χ4n) is 2.32. The Balaban J connectivity index is 4.68. The maximum Gasteiger partial charge on any atom is 0.303 e. The molecule has 0 amide bonds. The zero-order chi connectivity index (χ0) is 16.5. The van der Waals surface area contributed by atoms with Gasteiger partial charge in [-0.25, -0.2) is 4.72 Å². The molecule has 0 aromatic heterocycles. The molecule has 0 rings (SSSR count). The molecule has 7 heteroatoms. The van der Waals surface area contributed by atoms with Gasteiger partial charge in [0.05, 0.1) is 0 Å². The minimum absolute atomic E-state index is 0.0117. The van der Waals surface area contributed by atoms with Gasteiger partial charge in [0.1, 0.15) is 0 Å². The smallest absolute Gasteiger partial charge is 0.303 e. The fourth-order valence-corrected chi connectivity index (χ4v) is 3.79. The Morgan fingerprint density at radius 2 is 1.71 bits per heavy atom. The van der Waals surface area contributed by atoms with E-state index in [-0.39, 0.29) is 18.9 Å². The zero-order valence-corrected chi connectivity index (χ0v) is 14.4. The summed E-state index contributed by atoms with van der Waals surface area (Å²) in [4.78, 5) is 10.9. The van der Waals surface area contributed by atoms with Crippen LogP contribution in [-0.4, -0.2) is 43.4 Å². The number of rotatable bonds is 12. The molecule has 1 unspecified atom stereocenters. The first kappa shape index (κ1) is 20.3. The Labute approximate surface area is 129 Å². The summed E-state index contributed by atoms with van der Waals surface area (Å²) in [6.07, 6.45) is 2.19. The lowest BCUT2D eigenvalue weighted by Gasteiger charge is -2.23. The van der Waals surface area contributed by atoms with E-state index in [1.807, 2.05) is 27.7 Å². The van der Waals surface area contributed by atoms with Crippen LogP contribution in [0.5, 0.6) is 0 Å². The quantitative estimate of drug-likeness (QED) is 0.576. The van der Waals surface area contributed by atoms with E-state index in [1.165, 1.54) is 4.31 Å². The van der Waals surface area contributed by atoms with Crippen LogP contribution in [0, 0.1) is 11.8 Å². The van der Waals surface area contributed by atoms with E-state index >= 15 is 0 Å². The van der Waals surface area contributed by atoms with Crippen LogP contribution >= 0.6 is 0 Å². The van der Waals surface area contributed by atoms with Gasteiger partial charge in [0.15, 0.2) is 0 Å². The first-order chi connectivity index (χ1) is 9.72. The van der Waals surface area contributed by atoms with Crippen molar-refractivity contribution < 1.29 is 18.3 Å². The van der Waals surface area contributed by atoms with Crippen molar-refractivity contribution in [2.24, 2.45) is 11.8 Å². The van der Waals surface area contributed by atoms with Crippen molar-refractivity contribution in [3.8, 4) is 0 Å². The van der Waals surface area contributed by atoms with Gasteiger partial charge >= 0.3 is 5.97 Å². The summed E-state index contributed by atoms with van der Waals surface area (Å²) in [6.45, 7) is 9.02. The van der Waals surface area contributed by atoms with E-state index in [1.54, 1.807) is 0 Å². The van der Waals surface area contributed by atoms with Crippen LogP contribution in [0.2, 0.25) is 0 Å². The molecule has 21 heavy (non-hydrogen) atoms. The highest BCUT2D eigenvalue weighted by Crippen LogP contribution is 2.15. The molecule has 0 radical (unpaired) electrons. The largest absolute Gasteiger partial charge is 0.481 e. The second kappa shape index (κ2) is 10.1. The highest BCUT2D eigenvalue weighted by molar-refractivity contribution is 7.87. The van der Waals surface area contributed by atoms with Gasteiger partial charge in [-0.1, -0.05) is 27.7 Å². The minimum atomic E-state index is -3.52. The molecular formula is C14H30N2O4S. The van der Waals surface area contributed by atoms with Gasteiger partial charge in [-0.15, -0.1) is 0 Å². The molecule has 0 fully saturated rings. The molecule has 6 nitrogen and oxygen atoms in total. The standard InChI is InChI=1S/C14H30N2O4S/c1-5-7-16(8-6-2)21(19,20)15-11-13(9-12(3)4)10-14(17)18/h12-13,15H,5-11H2,1-4H3,(H,17,18). The average molecular weight is 322 g/mol. The third-order valence-corrected chi connectivity index (χ3v) is 4.68. The van der Waals surface area contributed by atoms with E-state index in [2.05, 4.69) is 4.72 Å². The second-order valence-electron chi connectivity index (χ2n) is 5.85. The molecule has 0 heterocycles. The van der Waals surface area contributed by atoms with E-state index < -0.39 is 16.2 Å². The topological polar surface area (TPSA) is 86.7 Å². The number of carboxylic acid groups (broad SMARTS) is 1. The first-order valence-electron chi connectivity index (χ1n) is 7.69. The number of nitrogens with one attached hydrogen (secondary N) is 1. The predicted molar refractivity (Wildman–Crippen MR) is 84.3 cm³/mol. The molecule has 0 aromatic carbocycles. The van der Waals surface area contributed by atoms with Gasteiger partial charge in [-0.2, -0.15) is 12.7 Å². The van der Waals surface area contributed by atoms with Gasteiger partial charge in [0, 0.05) is 26.1 Å². The average Bonchev–Trinajstić information content (AvgIpc) is 2.34. The van der Waals surface area contributed by atoms with Crippen molar-refractivity contribution in [1.82, 2.24) is 9.03 Å². The number of nitrogens with zero attached hydrogens (tertiary/aromatic N) is 1. The van der Waals surface area contributed by atoms with Crippen LogP contribution in [0.1, 0.15) is 53.4 Å². The third kappa shape index (κ3) is 9.06. The number of carbonyl (C=O) groups is 1. The summed E-state index contributed by atoms with van der Waals surface area (Å²) in [5, 5.41) is 8.92. The van der Waals surface area contributed by atoms with Crippen molar-refractivity contribution in [3.63, 3.8) is 0 Å². The van der Waals surface area contributed by atoms with E-state index in [9.17, 15) is 13.2 Å².